The fourth-order valence-corrected chi connectivity index (χ4v) is 2.38. The van der Waals surface area contributed by atoms with Crippen molar-refractivity contribution in [1.82, 2.24) is 14.8 Å². The van der Waals surface area contributed by atoms with Crippen LogP contribution in [0.25, 0.3) is 0 Å². The van der Waals surface area contributed by atoms with Gasteiger partial charge in [0, 0.05) is 24.1 Å². The molecule has 2 heterocycles. The van der Waals surface area contributed by atoms with E-state index < -0.39 is 0 Å². The molecule has 2 rings (SSSR count). The fraction of sp³-hybridized carbons (Fsp3) is 0.429. The first-order valence-electron chi connectivity index (χ1n) is 6.36. The Balaban J connectivity index is 2.29. The lowest BCUT2D eigenvalue weighted by Crippen LogP contribution is -2.18. The summed E-state index contributed by atoms with van der Waals surface area (Å²) in [5.41, 5.74) is 10.3. The van der Waals surface area contributed by atoms with Gasteiger partial charge < -0.3 is 5.73 Å². The highest BCUT2D eigenvalue weighted by Gasteiger charge is 2.13. The summed E-state index contributed by atoms with van der Waals surface area (Å²) in [5, 5.41) is 5.25. The molecular weight excluding hydrogens is 260 g/mol. The molecule has 0 fully saturated rings. The summed E-state index contributed by atoms with van der Waals surface area (Å²) in [6.45, 7) is 6.77. The molecule has 0 amide bonds. The highest BCUT2D eigenvalue weighted by molar-refractivity contribution is 6.31. The Bertz CT molecular complexity index is 575. The summed E-state index contributed by atoms with van der Waals surface area (Å²) < 4.78 is 1.98. The van der Waals surface area contributed by atoms with Gasteiger partial charge in [-0.3, -0.25) is 9.67 Å². The summed E-state index contributed by atoms with van der Waals surface area (Å²) >= 11 is 6.13. The molecule has 2 aromatic rings. The van der Waals surface area contributed by atoms with E-state index in [1.807, 2.05) is 24.6 Å². The summed E-state index contributed by atoms with van der Waals surface area (Å²) in [4.78, 5) is 3.99. The summed E-state index contributed by atoms with van der Waals surface area (Å²) in [6.07, 6.45) is 4.25. The molecule has 0 spiro atoms. The maximum atomic E-state index is 6.13. The highest BCUT2D eigenvalue weighted by Crippen LogP contribution is 2.19. The summed E-state index contributed by atoms with van der Waals surface area (Å²) in [6, 6.07) is 2.06. The molecule has 5 heteroatoms. The van der Waals surface area contributed by atoms with Gasteiger partial charge in [-0.05, 0) is 44.4 Å². The lowest BCUT2D eigenvalue weighted by molar-refractivity contribution is 0.655. The first-order valence-corrected chi connectivity index (χ1v) is 6.73. The first-order chi connectivity index (χ1) is 8.99. The van der Waals surface area contributed by atoms with Crippen LogP contribution in [0.3, 0.4) is 0 Å². The standard InChI is InChI=1S/C14H19ClN4/c1-9(16)6-13-10(2)18-19(11(13)3)8-12-4-5-17-7-14(12)15/h4-5,7,9H,6,8,16H2,1-3H3. The third-order valence-corrected chi connectivity index (χ3v) is 3.57. The number of nitrogens with two attached hydrogens (primary N) is 1. The third-order valence-electron chi connectivity index (χ3n) is 3.23. The van der Waals surface area contributed by atoms with Crippen molar-refractivity contribution >= 4 is 11.6 Å². The number of pyridine rings is 1. The van der Waals surface area contributed by atoms with E-state index in [0.29, 0.717) is 11.6 Å². The van der Waals surface area contributed by atoms with Gasteiger partial charge in [-0.2, -0.15) is 5.10 Å². The summed E-state index contributed by atoms with van der Waals surface area (Å²) in [7, 11) is 0. The molecule has 0 aliphatic rings. The number of aryl methyl sites for hydroxylation is 1. The van der Waals surface area contributed by atoms with Crippen LogP contribution in [0.2, 0.25) is 5.02 Å². The molecule has 0 aromatic carbocycles. The van der Waals surface area contributed by atoms with Crippen LogP contribution >= 0.6 is 11.6 Å². The molecule has 2 N–H and O–H groups in total. The van der Waals surface area contributed by atoms with E-state index in [2.05, 4.69) is 17.0 Å². The number of nitrogens with zero attached hydrogens (tertiary/aromatic N) is 3. The number of hydrogen-bond acceptors (Lipinski definition) is 3. The van der Waals surface area contributed by atoms with Gasteiger partial charge in [0.05, 0.1) is 17.3 Å². The van der Waals surface area contributed by atoms with Crippen molar-refractivity contribution < 1.29 is 0 Å². The second-order valence-electron chi connectivity index (χ2n) is 4.96. The molecule has 0 aliphatic carbocycles. The zero-order valence-corrected chi connectivity index (χ0v) is 12.3. The zero-order valence-electron chi connectivity index (χ0n) is 11.5. The smallest absolute Gasteiger partial charge is 0.0678 e. The first kappa shape index (κ1) is 14.0. The van der Waals surface area contributed by atoms with Gasteiger partial charge in [0.2, 0.25) is 0 Å². The van der Waals surface area contributed by atoms with Gasteiger partial charge >= 0.3 is 0 Å². The molecule has 1 atom stereocenters. The Morgan fingerprint density at radius 1 is 1.42 bits per heavy atom. The van der Waals surface area contributed by atoms with Crippen LogP contribution in [0, 0.1) is 13.8 Å². The maximum absolute atomic E-state index is 6.13. The molecule has 0 aliphatic heterocycles. The van der Waals surface area contributed by atoms with Gasteiger partial charge in [0.15, 0.2) is 0 Å². The largest absolute Gasteiger partial charge is 0.328 e. The predicted molar refractivity (Wildman–Crippen MR) is 77.4 cm³/mol. The van der Waals surface area contributed by atoms with Crippen molar-refractivity contribution in [3.63, 3.8) is 0 Å². The zero-order chi connectivity index (χ0) is 14.0. The lowest BCUT2D eigenvalue weighted by atomic mass is 10.1. The lowest BCUT2D eigenvalue weighted by Gasteiger charge is -2.08. The van der Waals surface area contributed by atoms with Crippen LogP contribution < -0.4 is 5.73 Å². The number of halogens is 1. The Morgan fingerprint density at radius 2 is 2.16 bits per heavy atom. The quantitative estimate of drug-likeness (QED) is 0.935. The predicted octanol–water partition coefficient (Wildman–Crippen LogP) is 2.49. The number of hydrogen-bond donors (Lipinski definition) is 1. The van der Waals surface area contributed by atoms with Crippen LogP contribution in [0.4, 0.5) is 0 Å². The average Bonchev–Trinajstić information content (AvgIpc) is 2.60. The van der Waals surface area contributed by atoms with Crippen LogP contribution in [0.5, 0.6) is 0 Å². The Labute approximate surface area is 118 Å². The Kier molecular flexibility index (Phi) is 4.22. The highest BCUT2D eigenvalue weighted by atomic mass is 35.5. The average molecular weight is 279 g/mol. The van der Waals surface area contributed by atoms with Gasteiger partial charge in [-0.1, -0.05) is 11.6 Å². The monoisotopic (exact) mass is 278 g/mol. The van der Waals surface area contributed by atoms with Crippen molar-refractivity contribution in [2.45, 2.75) is 39.8 Å². The van der Waals surface area contributed by atoms with Gasteiger partial charge in [0.25, 0.3) is 0 Å². The van der Waals surface area contributed by atoms with Crippen LogP contribution in [0.15, 0.2) is 18.5 Å². The third kappa shape index (κ3) is 3.14. The van der Waals surface area contributed by atoms with E-state index in [-0.39, 0.29) is 6.04 Å². The van der Waals surface area contributed by atoms with Crippen LogP contribution in [0.1, 0.15) is 29.4 Å². The van der Waals surface area contributed by atoms with E-state index in [0.717, 1.165) is 23.4 Å². The molecule has 2 aromatic heterocycles. The summed E-state index contributed by atoms with van der Waals surface area (Å²) in [5.74, 6) is 0. The maximum Gasteiger partial charge on any atom is 0.0678 e. The van der Waals surface area contributed by atoms with Crippen molar-refractivity contribution in [1.29, 1.82) is 0 Å². The van der Waals surface area contributed by atoms with Crippen LogP contribution in [-0.4, -0.2) is 20.8 Å². The van der Waals surface area contributed by atoms with E-state index in [9.17, 15) is 0 Å². The topological polar surface area (TPSA) is 56.7 Å². The second kappa shape index (κ2) is 5.72. The number of rotatable bonds is 4. The second-order valence-corrected chi connectivity index (χ2v) is 5.36. The van der Waals surface area contributed by atoms with Crippen molar-refractivity contribution in [2.24, 2.45) is 5.73 Å². The molecule has 1 unspecified atom stereocenters. The molecule has 0 radical (unpaired) electrons. The van der Waals surface area contributed by atoms with Crippen molar-refractivity contribution in [2.75, 3.05) is 0 Å². The minimum Gasteiger partial charge on any atom is -0.328 e. The van der Waals surface area contributed by atoms with E-state index in [4.69, 9.17) is 17.3 Å². The molecule has 0 saturated heterocycles. The van der Waals surface area contributed by atoms with E-state index >= 15 is 0 Å². The van der Waals surface area contributed by atoms with Gasteiger partial charge in [0.1, 0.15) is 0 Å². The Hall–Kier alpha value is -1.39. The van der Waals surface area contributed by atoms with E-state index in [1.54, 1.807) is 12.4 Å². The SMILES string of the molecule is Cc1nn(Cc2ccncc2Cl)c(C)c1CC(C)N. The van der Waals surface area contributed by atoms with Crippen molar-refractivity contribution in [3.05, 3.63) is 46.0 Å². The number of aromatic nitrogens is 3. The van der Waals surface area contributed by atoms with E-state index in [1.165, 1.54) is 5.56 Å². The van der Waals surface area contributed by atoms with Gasteiger partial charge in [-0.15, -0.1) is 0 Å². The molecule has 4 nitrogen and oxygen atoms in total. The molecule has 0 bridgehead atoms. The minimum atomic E-state index is 0.138. The molecule has 102 valence electrons. The normalized spacial score (nSPS) is 12.7. The van der Waals surface area contributed by atoms with Gasteiger partial charge in [-0.25, -0.2) is 0 Å². The molecule has 0 saturated carbocycles. The Morgan fingerprint density at radius 3 is 2.79 bits per heavy atom. The minimum absolute atomic E-state index is 0.138. The van der Waals surface area contributed by atoms with Crippen LogP contribution in [-0.2, 0) is 13.0 Å². The molecule has 19 heavy (non-hydrogen) atoms. The molecular formula is C14H19ClN4. The fourth-order valence-electron chi connectivity index (χ4n) is 2.20. The van der Waals surface area contributed by atoms with Crippen molar-refractivity contribution in [3.8, 4) is 0 Å².